The number of nitrogens with two attached hydrogens (primary N) is 1. The number of pyridine rings is 1. The van der Waals surface area contributed by atoms with E-state index in [-0.39, 0.29) is 5.91 Å². The number of hydrogen-bond acceptors (Lipinski definition) is 3. The average molecular weight is 254 g/mol. The van der Waals surface area contributed by atoms with Gasteiger partial charge in [-0.2, -0.15) is 0 Å². The fourth-order valence-electron chi connectivity index (χ4n) is 2.09. The molecule has 0 bridgehead atoms. The molecule has 2 N–H and O–H groups in total. The van der Waals surface area contributed by atoms with Crippen molar-refractivity contribution >= 4 is 17.5 Å². The van der Waals surface area contributed by atoms with Crippen LogP contribution in [0.4, 0.5) is 0 Å². The van der Waals surface area contributed by atoms with Crippen LogP contribution in [0.25, 0.3) is 0 Å². The second kappa shape index (κ2) is 5.47. The summed E-state index contributed by atoms with van der Waals surface area (Å²) in [5.41, 5.74) is 6.16. The Morgan fingerprint density at radius 2 is 2.24 bits per heavy atom. The third-order valence-corrected chi connectivity index (χ3v) is 3.54. The molecule has 1 saturated heterocycles. The Morgan fingerprint density at radius 1 is 1.53 bits per heavy atom. The van der Waals surface area contributed by atoms with Crippen LogP contribution in [0.3, 0.4) is 0 Å². The Labute approximate surface area is 106 Å². The molecule has 2 rings (SSSR count). The van der Waals surface area contributed by atoms with Gasteiger partial charge in [0.05, 0.1) is 10.6 Å². The highest BCUT2D eigenvalue weighted by molar-refractivity contribution is 6.33. The van der Waals surface area contributed by atoms with Crippen LogP contribution in [-0.4, -0.2) is 35.4 Å². The van der Waals surface area contributed by atoms with Crippen LogP contribution < -0.4 is 5.73 Å². The lowest BCUT2D eigenvalue weighted by Crippen LogP contribution is -2.40. The van der Waals surface area contributed by atoms with E-state index in [4.69, 9.17) is 17.3 Å². The number of carbonyl (C=O) groups excluding carboxylic acids is 1. The summed E-state index contributed by atoms with van der Waals surface area (Å²) in [6.45, 7) is 2.23. The standard InChI is InChI=1S/C12H16ClN3O/c13-11-8-15-4-1-10(11)12(17)16-5-2-9(7-14)3-6-16/h1,4,8-9H,2-3,5-7,14H2. The van der Waals surface area contributed by atoms with E-state index in [0.29, 0.717) is 23.0 Å². The summed E-state index contributed by atoms with van der Waals surface area (Å²) in [4.78, 5) is 17.9. The maximum absolute atomic E-state index is 12.2. The monoisotopic (exact) mass is 253 g/mol. The zero-order valence-corrected chi connectivity index (χ0v) is 10.4. The Bertz CT molecular complexity index is 402. The van der Waals surface area contributed by atoms with E-state index in [0.717, 1.165) is 25.9 Å². The molecule has 0 saturated carbocycles. The maximum Gasteiger partial charge on any atom is 0.255 e. The molecule has 4 nitrogen and oxygen atoms in total. The van der Waals surface area contributed by atoms with Crippen molar-refractivity contribution in [3.63, 3.8) is 0 Å². The van der Waals surface area contributed by atoms with Gasteiger partial charge in [-0.15, -0.1) is 0 Å². The fourth-order valence-corrected chi connectivity index (χ4v) is 2.29. The summed E-state index contributed by atoms with van der Waals surface area (Å²) >= 11 is 5.96. The minimum Gasteiger partial charge on any atom is -0.339 e. The van der Waals surface area contributed by atoms with Crippen molar-refractivity contribution in [3.8, 4) is 0 Å². The highest BCUT2D eigenvalue weighted by Crippen LogP contribution is 2.21. The van der Waals surface area contributed by atoms with E-state index in [2.05, 4.69) is 4.98 Å². The van der Waals surface area contributed by atoms with Gasteiger partial charge in [0, 0.05) is 25.5 Å². The van der Waals surface area contributed by atoms with Gasteiger partial charge in [-0.05, 0) is 31.4 Å². The highest BCUT2D eigenvalue weighted by atomic mass is 35.5. The molecule has 0 spiro atoms. The number of likely N-dealkylation sites (tertiary alicyclic amines) is 1. The zero-order chi connectivity index (χ0) is 12.3. The van der Waals surface area contributed by atoms with Crippen LogP contribution in [0.2, 0.25) is 5.02 Å². The first-order valence-corrected chi connectivity index (χ1v) is 6.19. The molecule has 1 aliphatic rings. The van der Waals surface area contributed by atoms with Crippen LogP contribution >= 0.6 is 11.6 Å². The summed E-state index contributed by atoms with van der Waals surface area (Å²) in [5.74, 6) is 0.542. The topological polar surface area (TPSA) is 59.2 Å². The van der Waals surface area contributed by atoms with Crippen molar-refractivity contribution in [1.82, 2.24) is 9.88 Å². The van der Waals surface area contributed by atoms with Crippen molar-refractivity contribution in [1.29, 1.82) is 0 Å². The number of halogens is 1. The van der Waals surface area contributed by atoms with Gasteiger partial charge in [0.15, 0.2) is 0 Å². The number of amides is 1. The minimum atomic E-state index is -0.00660. The van der Waals surface area contributed by atoms with E-state index in [9.17, 15) is 4.79 Å². The van der Waals surface area contributed by atoms with E-state index >= 15 is 0 Å². The SMILES string of the molecule is NCC1CCN(C(=O)c2ccncc2Cl)CC1. The first kappa shape index (κ1) is 12.3. The average Bonchev–Trinajstić information content (AvgIpc) is 2.39. The van der Waals surface area contributed by atoms with E-state index < -0.39 is 0 Å². The van der Waals surface area contributed by atoms with Crippen molar-refractivity contribution < 1.29 is 4.79 Å². The molecule has 5 heteroatoms. The summed E-state index contributed by atoms with van der Waals surface area (Å²) in [6, 6.07) is 1.67. The first-order valence-electron chi connectivity index (χ1n) is 5.81. The Kier molecular flexibility index (Phi) is 3.97. The summed E-state index contributed by atoms with van der Waals surface area (Å²) < 4.78 is 0. The van der Waals surface area contributed by atoms with Crippen molar-refractivity contribution in [3.05, 3.63) is 29.0 Å². The van der Waals surface area contributed by atoms with Gasteiger partial charge in [-0.1, -0.05) is 11.6 Å². The van der Waals surface area contributed by atoms with Crippen LogP contribution in [0.5, 0.6) is 0 Å². The van der Waals surface area contributed by atoms with Crippen LogP contribution in [0, 0.1) is 5.92 Å². The number of hydrogen-bond donors (Lipinski definition) is 1. The number of nitrogens with zero attached hydrogens (tertiary/aromatic N) is 2. The Morgan fingerprint density at radius 3 is 2.82 bits per heavy atom. The van der Waals surface area contributed by atoms with Gasteiger partial charge >= 0.3 is 0 Å². The second-order valence-electron chi connectivity index (χ2n) is 4.33. The molecule has 1 aromatic heterocycles. The normalized spacial score (nSPS) is 17.2. The Balaban J connectivity index is 2.04. The largest absolute Gasteiger partial charge is 0.339 e. The molecule has 0 aliphatic carbocycles. The molecule has 2 heterocycles. The smallest absolute Gasteiger partial charge is 0.255 e. The van der Waals surface area contributed by atoms with Gasteiger partial charge in [-0.25, -0.2) is 0 Å². The molecule has 0 atom stereocenters. The molecule has 1 aliphatic heterocycles. The number of rotatable bonds is 2. The second-order valence-corrected chi connectivity index (χ2v) is 4.73. The third-order valence-electron chi connectivity index (χ3n) is 3.24. The molecule has 17 heavy (non-hydrogen) atoms. The van der Waals surface area contributed by atoms with Crippen molar-refractivity contribution in [2.45, 2.75) is 12.8 Å². The molecule has 0 aromatic carbocycles. The fraction of sp³-hybridized carbons (Fsp3) is 0.500. The van der Waals surface area contributed by atoms with E-state index in [1.807, 2.05) is 4.90 Å². The summed E-state index contributed by atoms with van der Waals surface area (Å²) in [5, 5.41) is 0.415. The number of aromatic nitrogens is 1. The number of piperidine rings is 1. The molecule has 1 fully saturated rings. The molecular formula is C12H16ClN3O. The minimum absolute atomic E-state index is 0.00660. The van der Waals surface area contributed by atoms with Gasteiger partial charge in [-0.3, -0.25) is 9.78 Å². The number of carbonyl (C=O) groups is 1. The first-order chi connectivity index (χ1) is 8.22. The van der Waals surface area contributed by atoms with Crippen LogP contribution in [-0.2, 0) is 0 Å². The van der Waals surface area contributed by atoms with Gasteiger partial charge in [0.1, 0.15) is 0 Å². The van der Waals surface area contributed by atoms with Crippen LogP contribution in [0.1, 0.15) is 23.2 Å². The lowest BCUT2D eigenvalue weighted by Gasteiger charge is -2.31. The predicted octanol–water partition coefficient (Wildman–Crippen LogP) is 1.55. The van der Waals surface area contributed by atoms with Gasteiger partial charge < -0.3 is 10.6 Å². The highest BCUT2D eigenvalue weighted by Gasteiger charge is 2.23. The van der Waals surface area contributed by atoms with Gasteiger partial charge in [0.2, 0.25) is 0 Å². The molecule has 1 aromatic rings. The Hall–Kier alpha value is -1.13. The zero-order valence-electron chi connectivity index (χ0n) is 9.60. The van der Waals surface area contributed by atoms with Crippen LogP contribution in [0.15, 0.2) is 18.5 Å². The lowest BCUT2D eigenvalue weighted by atomic mass is 9.97. The quantitative estimate of drug-likeness (QED) is 0.870. The predicted molar refractivity (Wildman–Crippen MR) is 66.9 cm³/mol. The van der Waals surface area contributed by atoms with Gasteiger partial charge in [0.25, 0.3) is 5.91 Å². The van der Waals surface area contributed by atoms with Crippen molar-refractivity contribution in [2.24, 2.45) is 11.7 Å². The van der Waals surface area contributed by atoms with E-state index in [1.54, 1.807) is 12.3 Å². The lowest BCUT2D eigenvalue weighted by molar-refractivity contribution is 0.0693. The third kappa shape index (κ3) is 2.76. The molecular weight excluding hydrogens is 238 g/mol. The molecule has 0 radical (unpaired) electrons. The summed E-state index contributed by atoms with van der Waals surface area (Å²) in [6.07, 6.45) is 5.04. The summed E-state index contributed by atoms with van der Waals surface area (Å²) in [7, 11) is 0. The van der Waals surface area contributed by atoms with Crippen molar-refractivity contribution in [2.75, 3.05) is 19.6 Å². The maximum atomic E-state index is 12.2. The van der Waals surface area contributed by atoms with E-state index in [1.165, 1.54) is 6.20 Å². The molecule has 0 unspecified atom stereocenters. The molecule has 1 amide bonds. The molecule has 92 valence electrons.